The van der Waals surface area contributed by atoms with Crippen molar-refractivity contribution in [1.82, 2.24) is 38.2 Å². The standard InChI is InChI=1S/C56H82N8O8/c1-5-9-13-17-21-25-32-61-37-43(49(65)57-53(61)69)47(44-38-62(54(70)58-50(44)66)33-26-22-18-14-10-6-2)41-30-29-31-42(36-41)48(45-39-63(55(71)59-51(45)67)34-27-23-19-15-11-7-3)46-40-64(56(72)60-52(46)68)35-28-24-20-16-12-8-4/h29-31,36-40,47-48H,5-28,32-35H2,1-4H3,(H,57,65,69)(H,58,66,70)(H,59,67,71)(H,60,68,72). The van der Waals surface area contributed by atoms with Crippen LogP contribution in [0.15, 0.2) is 87.4 Å². The van der Waals surface area contributed by atoms with Crippen LogP contribution in [-0.2, 0) is 26.2 Å². The first-order valence-electron chi connectivity index (χ1n) is 27.4. The lowest BCUT2D eigenvalue weighted by atomic mass is 9.82. The van der Waals surface area contributed by atoms with Gasteiger partial charge in [0.2, 0.25) is 0 Å². The number of nitrogens with one attached hydrogen (secondary N) is 4. The van der Waals surface area contributed by atoms with Gasteiger partial charge in [-0.25, -0.2) is 19.2 Å². The minimum atomic E-state index is -1.15. The average Bonchev–Trinajstić information content (AvgIpc) is 3.35. The molecule has 0 aliphatic rings. The molecule has 0 bridgehead atoms. The van der Waals surface area contributed by atoms with Crippen molar-refractivity contribution in [1.29, 1.82) is 0 Å². The fourth-order valence-electron chi connectivity index (χ4n) is 9.81. The van der Waals surface area contributed by atoms with Crippen molar-refractivity contribution < 1.29 is 0 Å². The molecule has 0 saturated heterocycles. The summed E-state index contributed by atoms with van der Waals surface area (Å²) in [4.78, 5) is 120. The largest absolute Gasteiger partial charge is 0.328 e. The van der Waals surface area contributed by atoms with Crippen LogP contribution < -0.4 is 45.0 Å². The molecule has 16 nitrogen and oxygen atoms in total. The zero-order valence-electron chi connectivity index (χ0n) is 43.6. The summed E-state index contributed by atoms with van der Waals surface area (Å²) < 4.78 is 5.82. The van der Waals surface area contributed by atoms with Gasteiger partial charge in [0.1, 0.15) is 0 Å². The zero-order valence-corrected chi connectivity index (χ0v) is 43.6. The molecule has 0 radical (unpaired) electrons. The summed E-state index contributed by atoms with van der Waals surface area (Å²) >= 11 is 0. The van der Waals surface area contributed by atoms with Crippen molar-refractivity contribution in [2.75, 3.05) is 0 Å². The summed E-state index contributed by atoms with van der Waals surface area (Å²) in [6.07, 6.45) is 29.5. The summed E-state index contributed by atoms with van der Waals surface area (Å²) in [6, 6.07) is 6.87. The van der Waals surface area contributed by atoms with Crippen LogP contribution in [-0.4, -0.2) is 38.2 Å². The lowest BCUT2D eigenvalue weighted by Gasteiger charge is -2.23. The van der Waals surface area contributed by atoms with E-state index in [-0.39, 0.29) is 22.3 Å². The molecular weight excluding hydrogens is 913 g/mol. The van der Waals surface area contributed by atoms with Crippen molar-refractivity contribution in [2.24, 2.45) is 0 Å². The molecule has 0 unspecified atom stereocenters. The molecule has 72 heavy (non-hydrogen) atoms. The molecule has 0 fully saturated rings. The quantitative estimate of drug-likeness (QED) is 0.0291. The van der Waals surface area contributed by atoms with Crippen LogP contribution in [0.1, 0.15) is 227 Å². The van der Waals surface area contributed by atoms with E-state index >= 15 is 0 Å². The third kappa shape index (κ3) is 16.5. The number of rotatable bonds is 34. The Kier molecular flexibility index (Phi) is 23.8. The van der Waals surface area contributed by atoms with Crippen molar-refractivity contribution in [3.05, 3.63) is 166 Å². The van der Waals surface area contributed by atoms with Crippen LogP contribution >= 0.6 is 0 Å². The highest BCUT2D eigenvalue weighted by Gasteiger charge is 2.29. The molecule has 0 aliphatic heterocycles. The third-order valence-corrected chi connectivity index (χ3v) is 14.0. The van der Waals surface area contributed by atoms with Gasteiger partial charge >= 0.3 is 22.8 Å². The Bertz CT molecular complexity index is 2580. The Morgan fingerprint density at radius 3 is 0.792 bits per heavy atom. The molecule has 0 amide bonds. The first kappa shape index (κ1) is 56.8. The summed E-state index contributed by atoms with van der Waals surface area (Å²) in [6.45, 7) is 9.89. The van der Waals surface area contributed by atoms with Crippen LogP contribution in [0.25, 0.3) is 0 Å². The number of unbranched alkanes of at least 4 members (excludes halogenated alkanes) is 20. The van der Waals surface area contributed by atoms with Crippen LogP contribution in [0.5, 0.6) is 0 Å². The predicted molar refractivity (Wildman–Crippen MR) is 287 cm³/mol. The van der Waals surface area contributed by atoms with Gasteiger partial charge in [-0.2, -0.15) is 0 Å². The second-order valence-electron chi connectivity index (χ2n) is 19.8. The Morgan fingerprint density at radius 2 is 0.556 bits per heavy atom. The molecule has 5 aromatic rings. The molecule has 4 aromatic heterocycles. The van der Waals surface area contributed by atoms with Crippen molar-refractivity contribution in [3.8, 4) is 0 Å². The molecule has 0 atom stereocenters. The molecule has 0 aliphatic carbocycles. The Labute approximate surface area is 422 Å². The Balaban J connectivity index is 1.71. The lowest BCUT2D eigenvalue weighted by molar-refractivity contribution is 0.535. The normalized spacial score (nSPS) is 11.6. The first-order valence-corrected chi connectivity index (χ1v) is 27.4. The van der Waals surface area contributed by atoms with Gasteiger partial charge in [-0.1, -0.05) is 180 Å². The number of benzene rings is 1. The van der Waals surface area contributed by atoms with Crippen molar-refractivity contribution >= 4 is 0 Å². The van der Waals surface area contributed by atoms with Crippen LogP contribution in [0.3, 0.4) is 0 Å². The topological polar surface area (TPSA) is 219 Å². The van der Waals surface area contributed by atoms with Crippen LogP contribution in [0.2, 0.25) is 0 Å². The molecule has 1 aromatic carbocycles. The molecule has 5 rings (SSSR count). The highest BCUT2D eigenvalue weighted by atomic mass is 16.2. The summed E-state index contributed by atoms with van der Waals surface area (Å²) in [7, 11) is 0. The smallest absolute Gasteiger partial charge is 0.300 e. The van der Waals surface area contributed by atoms with Gasteiger partial charge in [0, 0.05) is 85.1 Å². The van der Waals surface area contributed by atoms with Crippen molar-refractivity contribution in [3.63, 3.8) is 0 Å². The van der Waals surface area contributed by atoms with Crippen LogP contribution in [0, 0.1) is 0 Å². The van der Waals surface area contributed by atoms with Gasteiger partial charge in [0.25, 0.3) is 22.2 Å². The van der Waals surface area contributed by atoms with E-state index in [4.69, 9.17) is 0 Å². The van der Waals surface area contributed by atoms with Gasteiger partial charge < -0.3 is 18.3 Å². The molecule has 0 spiro atoms. The Hall–Kier alpha value is -6.06. The molecule has 16 heteroatoms. The van der Waals surface area contributed by atoms with E-state index < -0.39 is 56.8 Å². The third-order valence-electron chi connectivity index (χ3n) is 14.0. The van der Waals surface area contributed by atoms with E-state index in [0.29, 0.717) is 63.0 Å². The van der Waals surface area contributed by atoms with E-state index in [1.807, 2.05) is 0 Å². The van der Waals surface area contributed by atoms with Crippen LogP contribution in [0.4, 0.5) is 0 Å². The highest BCUT2D eigenvalue weighted by Crippen LogP contribution is 2.34. The fraction of sp³-hybridized carbons (Fsp3) is 0.607. The van der Waals surface area contributed by atoms with Crippen molar-refractivity contribution in [2.45, 2.75) is 220 Å². The first-order chi connectivity index (χ1) is 34.9. The maximum absolute atomic E-state index is 14.2. The lowest BCUT2D eigenvalue weighted by Crippen LogP contribution is -2.37. The Morgan fingerprint density at radius 1 is 0.333 bits per heavy atom. The van der Waals surface area contributed by atoms with Gasteiger partial charge in [-0.15, -0.1) is 0 Å². The van der Waals surface area contributed by atoms with Gasteiger partial charge in [0.15, 0.2) is 0 Å². The molecule has 0 saturated carbocycles. The number of aromatic amines is 4. The van der Waals surface area contributed by atoms with Gasteiger partial charge in [-0.05, 0) is 36.8 Å². The number of aromatic nitrogens is 8. The zero-order chi connectivity index (χ0) is 51.8. The van der Waals surface area contributed by atoms with E-state index in [1.54, 1.807) is 24.3 Å². The average molecular weight is 995 g/mol. The number of nitrogens with zero attached hydrogens (tertiary/aromatic N) is 4. The fourth-order valence-corrected chi connectivity index (χ4v) is 9.81. The van der Waals surface area contributed by atoms with E-state index in [1.165, 1.54) is 43.1 Å². The predicted octanol–water partition coefficient (Wildman–Crippen LogP) is 8.89. The second-order valence-corrected chi connectivity index (χ2v) is 19.8. The highest BCUT2D eigenvalue weighted by molar-refractivity contribution is 5.46. The molecular formula is C56H82N8O8. The van der Waals surface area contributed by atoms with E-state index in [0.717, 1.165) is 128 Å². The van der Waals surface area contributed by atoms with E-state index in [2.05, 4.69) is 47.6 Å². The van der Waals surface area contributed by atoms with Gasteiger partial charge in [-0.3, -0.25) is 39.1 Å². The SMILES string of the molecule is CCCCCCCCn1cc(C(c2cccc(C(c3cn(CCCCCCCC)c(=O)[nH]c3=O)c3cn(CCCCCCCC)c(=O)[nH]c3=O)c2)c2cn(CCCCCCCC)c(=O)[nH]c2=O)c(=O)[nH]c1=O. The summed E-state index contributed by atoms with van der Waals surface area (Å²) in [5, 5.41) is 0. The maximum atomic E-state index is 14.2. The molecule has 4 heterocycles. The monoisotopic (exact) mass is 995 g/mol. The van der Waals surface area contributed by atoms with E-state index in [9.17, 15) is 38.4 Å². The molecule has 4 N–H and O–H groups in total. The number of H-pyrrole nitrogens is 4. The second kappa shape index (κ2) is 30.1. The minimum Gasteiger partial charge on any atom is -0.300 e. The maximum Gasteiger partial charge on any atom is 0.328 e. The number of aryl methyl sites for hydroxylation is 4. The molecule has 394 valence electrons. The summed E-state index contributed by atoms with van der Waals surface area (Å²) in [5.41, 5.74) is -4.06. The van der Waals surface area contributed by atoms with Gasteiger partial charge in [0.05, 0.1) is 0 Å². The summed E-state index contributed by atoms with van der Waals surface area (Å²) in [5.74, 6) is -2.29. The number of hydrogen-bond acceptors (Lipinski definition) is 8. The number of hydrogen-bond donors (Lipinski definition) is 4. The minimum absolute atomic E-state index is 0.0835.